The van der Waals surface area contributed by atoms with E-state index >= 15 is 0 Å². The third kappa shape index (κ3) is 2.91. The van der Waals surface area contributed by atoms with Crippen LogP contribution in [0.15, 0.2) is 18.2 Å². The summed E-state index contributed by atoms with van der Waals surface area (Å²) in [5, 5.41) is 0.748. The van der Waals surface area contributed by atoms with Gasteiger partial charge in [-0.25, -0.2) is 0 Å². The Kier molecular flexibility index (Phi) is 4.55. The number of benzene rings is 1. The minimum Gasteiger partial charge on any atom is -0.347 e. The van der Waals surface area contributed by atoms with Gasteiger partial charge in [0.15, 0.2) is 0 Å². The SMILES string of the molecule is CN(C)C(=O)C1CCCN1C(=O)c1ccc(Cl)c(Cl)c1. The highest BCUT2D eigenvalue weighted by molar-refractivity contribution is 6.42. The molecule has 4 nitrogen and oxygen atoms in total. The van der Waals surface area contributed by atoms with Crippen molar-refractivity contribution in [2.75, 3.05) is 20.6 Å². The zero-order valence-corrected chi connectivity index (χ0v) is 12.9. The highest BCUT2D eigenvalue weighted by atomic mass is 35.5. The summed E-state index contributed by atoms with van der Waals surface area (Å²) in [5.74, 6) is -0.225. The Labute approximate surface area is 128 Å². The fourth-order valence-corrected chi connectivity index (χ4v) is 2.66. The maximum Gasteiger partial charge on any atom is 0.254 e. The second-order valence-electron chi connectivity index (χ2n) is 5.02. The molecule has 1 unspecified atom stereocenters. The highest BCUT2D eigenvalue weighted by Crippen LogP contribution is 2.26. The second-order valence-corrected chi connectivity index (χ2v) is 5.83. The van der Waals surface area contributed by atoms with Crippen molar-refractivity contribution < 1.29 is 9.59 Å². The monoisotopic (exact) mass is 314 g/mol. The van der Waals surface area contributed by atoms with Crippen molar-refractivity contribution in [1.82, 2.24) is 9.80 Å². The molecule has 1 saturated heterocycles. The smallest absolute Gasteiger partial charge is 0.254 e. The van der Waals surface area contributed by atoms with Gasteiger partial charge < -0.3 is 9.80 Å². The van der Waals surface area contributed by atoms with E-state index in [0.29, 0.717) is 28.6 Å². The summed E-state index contributed by atoms with van der Waals surface area (Å²) in [6.45, 7) is 0.587. The van der Waals surface area contributed by atoms with Crippen molar-refractivity contribution >= 4 is 35.0 Å². The first-order valence-electron chi connectivity index (χ1n) is 6.39. The first-order chi connectivity index (χ1) is 9.41. The summed E-state index contributed by atoms with van der Waals surface area (Å²) in [6, 6.07) is 4.39. The number of hydrogen-bond donors (Lipinski definition) is 0. The first kappa shape index (κ1) is 15.1. The molecule has 1 atom stereocenters. The molecule has 108 valence electrons. The van der Waals surface area contributed by atoms with Crippen molar-refractivity contribution in [3.63, 3.8) is 0 Å². The molecule has 0 radical (unpaired) electrons. The first-order valence-corrected chi connectivity index (χ1v) is 7.14. The van der Waals surface area contributed by atoms with E-state index in [4.69, 9.17) is 23.2 Å². The third-order valence-electron chi connectivity index (χ3n) is 3.41. The van der Waals surface area contributed by atoms with Crippen molar-refractivity contribution in [2.45, 2.75) is 18.9 Å². The van der Waals surface area contributed by atoms with Crippen molar-refractivity contribution in [2.24, 2.45) is 0 Å². The van der Waals surface area contributed by atoms with Gasteiger partial charge in [0.2, 0.25) is 5.91 Å². The normalized spacial score (nSPS) is 18.2. The number of likely N-dealkylation sites (N-methyl/N-ethyl adjacent to an activating group) is 1. The van der Waals surface area contributed by atoms with Gasteiger partial charge in [-0.05, 0) is 31.0 Å². The lowest BCUT2D eigenvalue weighted by atomic mass is 10.1. The number of rotatable bonds is 2. The standard InChI is InChI=1S/C14H16Cl2N2O2/c1-17(2)14(20)12-4-3-7-18(12)13(19)9-5-6-10(15)11(16)8-9/h5-6,8,12H,3-4,7H2,1-2H3. The van der Waals surface area contributed by atoms with Crippen LogP contribution in [0, 0.1) is 0 Å². The van der Waals surface area contributed by atoms with Gasteiger partial charge in [-0.1, -0.05) is 23.2 Å². The van der Waals surface area contributed by atoms with Crippen molar-refractivity contribution in [3.05, 3.63) is 33.8 Å². The molecule has 0 bridgehead atoms. The minimum atomic E-state index is -0.382. The Balaban J connectivity index is 2.23. The molecule has 0 aromatic heterocycles. The summed E-state index contributed by atoms with van der Waals surface area (Å²) in [7, 11) is 3.39. The van der Waals surface area contributed by atoms with E-state index < -0.39 is 0 Å². The van der Waals surface area contributed by atoms with Crippen LogP contribution in [0.5, 0.6) is 0 Å². The molecular formula is C14H16Cl2N2O2. The average Bonchev–Trinajstić information content (AvgIpc) is 2.89. The maximum absolute atomic E-state index is 12.5. The summed E-state index contributed by atoms with van der Waals surface area (Å²) >= 11 is 11.8. The average molecular weight is 315 g/mol. The zero-order chi connectivity index (χ0) is 14.9. The van der Waals surface area contributed by atoms with Crippen LogP contribution < -0.4 is 0 Å². The molecule has 2 rings (SSSR count). The molecule has 1 aromatic carbocycles. The molecule has 1 aromatic rings. The van der Waals surface area contributed by atoms with Crippen LogP contribution in [0.2, 0.25) is 10.0 Å². The molecule has 1 aliphatic heterocycles. The van der Waals surface area contributed by atoms with Crippen LogP contribution in [-0.4, -0.2) is 48.3 Å². The molecule has 1 aliphatic rings. The van der Waals surface area contributed by atoms with Gasteiger partial charge in [-0.2, -0.15) is 0 Å². The van der Waals surface area contributed by atoms with Crippen LogP contribution in [0.1, 0.15) is 23.2 Å². The van der Waals surface area contributed by atoms with Gasteiger partial charge in [0, 0.05) is 26.2 Å². The van der Waals surface area contributed by atoms with Crippen LogP contribution in [0.25, 0.3) is 0 Å². The van der Waals surface area contributed by atoms with Crippen LogP contribution >= 0.6 is 23.2 Å². The lowest BCUT2D eigenvalue weighted by Gasteiger charge is -2.26. The van der Waals surface area contributed by atoms with Gasteiger partial charge in [0.05, 0.1) is 10.0 Å². The highest BCUT2D eigenvalue weighted by Gasteiger charge is 2.35. The molecule has 0 saturated carbocycles. The van der Waals surface area contributed by atoms with Crippen LogP contribution in [-0.2, 0) is 4.79 Å². The van der Waals surface area contributed by atoms with Crippen molar-refractivity contribution in [1.29, 1.82) is 0 Å². The summed E-state index contributed by atoms with van der Waals surface area (Å²) < 4.78 is 0. The number of carbonyl (C=O) groups is 2. The summed E-state index contributed by atoms with van der Waals surface area (Å²) in [6.07, 6.45) is 1.53. The number of carbonyl (C=O) groups excluding carboxylic acids is 2. The largest absolute Gasteiger partial charge is 0.347 e. The number of hydrogen-bond acceptors (Lipinski definition) is 2. The molecular weight excluding hydrogens is 299 g/mol. The van der Waals surface area contributed by atoms with E-state index in [0.717, 1.165) is 6.42 Å². The van der Waals surface area contributed by atoms with Gasteiger partial charge >= 0.3 is 0 Å². The molecule has 1 heterocycles. The van der Waals surface area contributed by atoms with Gasteiger partial charge in [0.1, 0.15) is 6.04 Å². The van der Waals surface area contributed by atoms with E-state index in [1.54, 1.807) is 37.2 Å². The zero-order valence-electron chi connectivity index (χ0n) is 11.4. The molecule has 6 heteroatoms. The molecule has 2 amide bonds. The Morgan fingerprint density at radius 1 is 1.25 bits per heavy atom. The molecule has 20 heavy (non-hydrogen) atoms. The lowest BCUT2D eigenvalue weighted by Crippen LogP contribution is -2.45. The molecule has 0 spiro atoms. The fraction of sp³-hybridized carbons (Fsp3) is 0.429. The molecule has 1 fully saturated rings. The Bertz CT molecular complexity index is 546. The van der Waals surface area contributed by atoms with E-state index in [1.165, 1.54) is 4.90 Å². The molecule has 0 N–H and O–H groups in total. The second kappa shape index (κ2) is 6.02. The Morgan fingerprint density at radius 2 is 1.95 bits per heavy atom. The molecule has 0 aliphatic carbocycles. The van der Waals surface area contributed by atoms with Gasteiger partial charge in [-0.3, -0.25) is 9.59 Å². The van der Waals surface area contributed by atoms with Crippen LogP contribution in [0.3, 0.4) is 0 Å². The topological polar surface area (TPSA) is 40.6 Å². The summed E-state index contributed by atoms with van der Waals surface area (Å²) in [4.78, 5) is 27.7. The Morgan fingerprint density at radius 3 is 2.55 bits per heavy atom. The number of amides is 2. The van der Waals surface area contributed by atoms with Crippen molar-refractivity contribution in [3.8, 4) is 0 Å². The van der Waals surface area contributed by atoms with E-state index in [2.05, 4.69) is 0 Å². The van der Waals surface area contributed by atoms with E-state index in [-0.39, 0.29) is 17.9 Å². The number of halogens is 2. The quantitative estimate of drug-likeness (QED) is 0.842. The number of likely N-dealkylation sites (tertiary alicyclic amines) is 1. The van der Waals surface area contributed by atoms with Crippen LogP contribution in [0.4, 0.5) is 0 Å². The van der Waals surface area contributed by atoms with Gasteiger partial charge in [-0.15, -0.1) is 0 Å². The predicted molar refractivity (Wildman–Crippen MR) is 79.2 cm³/mol. The van der Waals surface area contributed by atoms with E-state index in [1.807, 2.05) is 0 Å². The fourth-order valence-electron chi connectivity index (χ4n) is 2.36. The summed E-state index contributed by atoms with van der Waals surface area (Å²) in [5.41, 5.74) is 0.456. The number of nitrogens with zero attached hydrogens (tertiary/aromatic N) is 2. The maximum atomic E-state index is 12.5. The van der Waals surface area contributed by atoms with E-state index in [9.17, 15) is 9.59 Å². The lowest BCUT2D eigenvalue weighted by molar-refractivity contribution is -0.132. The van der Waals surface area contributed by atoms with Gasteiger partial charge in [0.25, 0.3) is 5.91 Å². The predicted octanol–water partition coefficient (Wildman–Crippen LogP) is 2.69. The third-order valence-corrected chi connectivity index (χ3v) is 4.15. The minimum absolute atomic E-state index is 0.0455. The Hall–Kier alpha value is -1.26.